The van der Waals surface area contributed by atoms with Gasteiger partial charge in [0.2, 0.25) is 10.0 Å². The van der Waals surface area contributed by atoms with Crippen LogP contribution in [0.15, 0.2) is 53.4 Å². The number of nitrogens with zero attached hydrogens (tertiary/aromatic N) is 2. The van der Waals surface area contributed by atoms with E-state index in [9.17, 15) is 13.2 Å². The number of nitriles is 1. The van der Waals surface area contributed by atoms with Crippen molar-refractivity contribution in [2.45, 2.75) is 11.5 Å². The van der Waals surface area contributed by atoms with E-state index in [-0.39, 0.29) is 17.1 Å². The minimum Gasteiger partial charge on any atom is -0.457 e. The second-order valence-corrected chi connectivity index (χ2v) is 8.02. The van der Waals surface area contributed by atoms with Crippen molar-refractivity contribution in [1.29, 1.82) is 5.26 Å². The van der Waals surface area contributed by atoms with Crippen LogP contribution >= 0.6 is 11.3 Å². The lowest BCUT2D eigenvalue weighted by Crippen LogP contribution is -2.31. The molecule has 0 spiro atoms. The number of esters is 1. The third-order valence-electron chi connectivity index (χ3n) is 3.40. The van der Waals surface area contributed by atoms with Gasteiger partial charge < -0.3 is 4.74 Å². The summed E-state index contributed by atoms with van der Waals surface area (Å²) in [5.41, 5.74) is 0.820. The molecule has 0 amide bonds. The highest BCUT2D eigenvalue weighted by atomic mass is 32.2. The molecule has 0 saturated heterocycles. The molecule has 0 bridgehead atoms. The van der Waals surface area contributed by atoms with Crippen LogP contribution in [0.1, 0.15) is 10.6 Å². The predicted octanol–water partition coefficient (Wildman–Crippen LogP) is 2.19. The maximum absolute atomic E-state index is 12.2. The third-order valence-corrected chi connectivity index (χ3v) is 5.87. The first-order valence-electron chi connectivity index (χ1n) is 7.48. The van der Waals surface area contributed by atoms with Gasteiger partial charge in [-0.3, -0.25) is 4.79 Å². The van der Waals surface area contributed by atoms with E-state index >= 15 is 0 Å². The largest absolute Gasteiger partial charge is 0.457 e. The summed E-state index contributed by atoms with van der Waals surface area (Å²) in [4.78, 5) is 16.0. The predicted molar refractivity (Wildman–Crippen MR) is 95.8 cm³/mol. The topological polar surface area (TPSA) is 109 Å². The second kappa shape index (κ2) is 7.61. The van der Waals surface area contributed by atoms with Crippen LogP contribution in [0.3, 0.4) is 0 Å². The molecule has 0 radical (unpaired) electrons. The lowest BCUT2D eigenvalue weighted by molar-refractivity contribution is -0.143. The summed E-state index contributed by atoms with van der Waals surface area (Å²) in [7, 11) is -3.99. The fourth-order valence-electron chi connectivity index (χ4n) is 2.20. The minimum atomic E-state index is -3.99. The molecule has 26 heavy (non-hydrogen) atoms. The van der Waals surface area contributed by atoms with Gasteiger partial charge in [0.25, 0.3) is 0 Å². The summed E-state index contributed by atoms with van der Waals surface area (Å²) in [6, 6.07) is 15.1. The first-order valence-corrected chi connectivity index (χ1v) is 9.78. The number of hydrogen-bond acceptors (Lipinski definition) is 7. The van der Waals surface area contributed by atoms with Crippen LogP contribution in [0.2, 0.25) is 0 Å². The van der Waals surface area contributed by atoms with Crippen LogP contribution in [0.25, 0.3) is 10.2 Å². The zero-order valence-electron chi connectivity index (χ0n) is 13.4. The van der Waals surface area contributed by atoms with E-state index < -0.39 is 22.5 Å². The maximum Gasteiger partial charge on any atom is 0.321 e. The Morgan fingerprint density at radius 3 is 2.69 bits per heavy atom. The van der Waals surface area contributed by atoms with Crippen molar-refractivity contribution in [3.8, 4) is 6.07 Å². The summed E-state index contributed by atoms with van der Waals surface area (Å²) in [6.07, 6.45) is 0. The van der Waals surface area contributed by atoms with Crippen LogP contribution in [0.4, 0.5) is 0 Å². The number of para-hydroxylation sites is 1. The van der Waals surface area contributed by atoms with Crippen molar-refractivity contribution < 1.29 is 17.9 Å². The highest BCUT2D eigenvalue weighted by Gasteiger charge is 2.19. The van der Waals surface area contributed by atoms with Crippen molar-refractivity contribution in [2.24, 2.45) is 0 Å². The molecule has 0 saturated carbocycles. The van der Waals surface area contributed by atoms with E-state index in [1.807, 2.05) is 24.3 Å². The van der Waals surface area contributed by atoms with Gasteiger partial charge in [0.15, 0.2) is 0 Å². The molecule has 3 rings (SSSR count). The van der Waals surface area contributed by atoms with E-state index in [1.54, 1.807) is 12.1 Å². The maximum atomic E-state index is 12.2. The van der Waals surface area contributed by atoms with Gasteiger partial charge in [-0.15, -0.1) is 11.3 Å². The van der Waals surface area contributed by atoms with Crippen molar-refractivity contribution in [3.05, 3.63) is 59.1 Å². The lowest BCUT2D eigenvalue weighted by Gasteiger charge is -2.07. The fraction of sp³-hybridized carbons (Fsp3) is 0.118. The van der Waals surface area contributed by atoms with Crippen molar-refractivity contribution in [1.82, 2.24) is 9.71 Å². The number of hydrogen-bond donors (Lipinski definition) is 1. The number of sulfonamides is 1. The Balaban J connectivity index is 1.59. The monoisotopic (exact) mass is 387 g/mol. The van der Waals surface area contributed by atoms with Gasteiger partial charge in [-0.2, -0.15) is 9.98 Å². The normalized spacial score (nSPS) is 11.2. The summed E-state index contributed by atoms with van der Waals surface area (Å²) in [5.74, 6) is -0.734. The molecule has 0 fully saturated rings. The first kappa shape index (κ1) is 18.0. The number of ether oxygens (including phenoxy) is 1. The molecule has 0 aliphatic rings. The van der Waals surface area contributed by atoms with E-state index in [1.165, 1.54) is 29.5 Å². The van der Waals surface area contributed by atoms with Crippen molar-refractivity contribution in [3.63, 3.8) is 0 Å². The molecule has 132 valence electrons. The molecule has 1 N–H and O–H groups in total. The SMILES string of the molecule is N#Cc1ccccc1S(=O)(=O)NCC(=O)OCc1nc2ccccc2s1. The Bertz CT molecular complexity index is 1070. The zero-order chi connectivity index (χ0) is 18.6. The smallest absolute Gasteiger partial charge is 0.321 e. The Hall–Kier alpha value is -2.80. The molecule has 0 atom stereocenters. The van der Waals surface area contributed by atoms with Gasteiger partial charge >= 0.3 is 5.97 Å². The standard InChI is InChI=1S/C17H13N3O4S2/c18-9-12-5-1-4-8-15(12)26(22,23)19-10-17(21)24-11-16-20-13-6-2-3-7-14(13)25-16/h1-8,19H,10-11H2. The number of rotatable bonds is 6. The summed E-state index contributed by atoms with van der Waals surface area (Å²) in [5, 5.41) is 9.61. The van der Waals surface area contributed by atoms with Gasteiger partial charge in [0.05, 0.1) is 20.7 Å². The molecule has 2 aromatic carbocycles. The van der Waals surface area contributed by atoms with E-state index in [2.05, 4.69) is 9.71 Å². The molecule has 1 heterocycles. The highest BCUT2D eigenvalue weighted by Crippen LogP contribution is 2.22. The molecule has 9 heteroatoms. The molecule has 1 aromatic heterocycles. The third kappa shape index (κ3) is 4.05. The number of carbonyl (C=O) groups excluding carboxylic acids is 1. The number of nitrogens with one attached hydrogen (secondary N) is 1. The number of aromatic nitrogens is 1. The second-order valence-electron chi connectivity index (χ2n) is 5.17. The van der Waals surface area contributed by atoms with Crippen LogP contribution in [0.5, 0.6) is 0 Å². The molecule has 0 unspecified atom stereocenters. The molecule has 3 aromatic rings. The van der Waals surface area contributed by atoms with Gasteiger partial charge in [-0.05, 0) is 24.3 Å². The van der Waals surface area contributed by atoms with E-state index in [0.717, 1.165) is 10.2 Å². The molecule has 0 aliphatic carbocycles. The average Bonchev–Trinajstić information content (AvgIpc) is 3.07. The number of thiazole rings is 1. The molecule has 7 nitrogen and oxygen atoms in total. The minimum absolute atomic E-state index is 0.00263. The summed E-state index contributed by atoms with van der Waals surface area (Å²) < 4.78 is 32.6. The van der Waals surface area contributed by atoms with Crippen LogP contribution in [-0.4, -0.2) is 25.9 Å². The van der Waals surface area contributed by atoms with Gasteiger partial charge in [0.1, 0.15) is 24.2 Å². The van der Waals surface area contributed by atoms with Crippen molar-refractivity contribution in [2.75, 3.05) is 6.54 Å². The van der Waals surface area contributed by atoms with Gasteiger partial charge in [0, 0.05) is 0 Å². The first-order chi connectivity index (χ1) is 12.5. The lowest BCUT2D eigenvalue weighted by atomic mass is 10.2. The number of benzene rings is 2. The van der Waals surface area contributed by atoms with Crippen LogP contribution < -0.4 is 4.72 Å². The zero-order valence-corrected chi connectivity index (χ0v) is 15.0. The van der Waals surface area contributed by atoms with Crippen LogP contribution in [-0.2, 0) is 26.2 Å². The molecular weight excluding hydrogens is 374 g/mol. The summed E-state index contributed by atoms with van der Waals surface area (Å²) in [6.45, 7) is -0.568. The van der Waals surface area contributed by atoms with Crippen LogP contribution in [0, 0.1) is 11.3 Å². The van der Waals surface area contributed by atoms with Crippen molar-refractivity contribution >= 4 is 37.5 Å². The number of carbonyl (C=O) groups is 1. The van der Waals surface area contributed by atoms with Gasteiger partial charge in [-0.1, -0.05) is 24.3 Å². The highest BCUT2D eigenvalue weighted by molar-refractivity contribution is 7.89. The van der Waals surface area contributed by atoms with E-state index in [4.69, 9.17) is 10.00 Å². The van der Waals surface area contributed by atoms with Gasteiger partial charge in [-0.25, -0.2) is 13.4 Å². The Kier molecular flexibility index (Phi) is 5.27. The fourth-order valence-corrected chi connectivity index (χ4v) is 4.20. The Morgan fingerprint density at radius 2 is 1.92 bits per heavy atom. The summed E-state index contributed by atoms with van der Waals surface area (Å²) >= 11 is 1.40. The Morgan fingerprint density at radius 1 is 1.19 bits per heavy atom. The number of fused-ring (bicyclic) bond motifs is 1. The quantitative estimate of drug-likeness (QED) is 0.650. The molecular formula is C17H13N3O4S2. The average molecular weight is 387 g/mol. The van der Waals surface area contributed by atoms with E-state index in [0.29, 0.717) is 5.01 Å². The molecule has 0 aliphatic heterocycles. The Labute approximate surface area is 153 Å².